The molecule has 2 N–H and O–H groups in total. The molecule has 0 amide bonds. The summed E-state index contributed by atoms with van der Waals surface area (Å²) in [7, 11) is 0. The van der Waals surface area contributed by atoms with E-state index in [4.69, 9.17) is 9.52 Å². The molecule has 0 radical (unpaired) electrons. The standard InChI is InChI=1S/C12H9F4NO2/c13-8-3-9(14)11(16)12(10(8)15)17-4-6-1-2-7(5-18)19-6/h1-3,17-18H,4-5H2. The third-order valence-corrected chi connectivity index (χ3v) is 2.42. The molecule has 0 aliphatic carbocycles. The van der Waals surface area contributed by atoms with Crippen LogP contribution in [0.15, 0.2) is 22.6 Å². The number of nitrogens with one attached hydrogen (secondary N) is 1. The minimum absolute atomic E-state index is 0.132. The van der Waals surface area contributed by atoms with E-state index in [0.29, 0.717) is 0 Å². The number of hydrogen-bond acceptors (Lipinski definition) is 3. The second-order valence-corrected chi connectivity index (χ2v) is 3.72. The Bertz CT molecular complexity index is 571. The van der Waals surface area contributed by atoms with Gasteiger partial charge in [-0.1, -0.05) is 0 Å². The first-order valence-electron chi connectivity index (χ1n) is 5.28. The molecule has 1 aromatic heterocycles. The van der Waals surface area contributed by atoms with E-state index in [0.717, 1.165) is 0 Å². The van der Waals surface area contributed by atoms with Gasteiger partial charge in [-0.3, -0.25) is 0 Å². The van der Waals surface area contributed by atoms with Crippen LogP contribution in [0.4, 0.5) is 23.2 Å². The van der Waals surface area contributed by atoms with Crippen molar-refractivity contribution in [3.05, 3.63) is 53.0 Å². The number of aliphatic hydroxyl groups is 1. The van der Waals surface area contributed by atoms with Crippen molar-refractivity contribution < 1.29 is 27.1 Å². The highest BCUT2D eigenvalue weighted by Crippen LogP contribution is 2.24. The fraction of sp³-hybridized carbons (Fsp3) is 0.167. The SMILES string of the molecule is OCc1ccc(CNc2c(F)c(F)cc(F)c2F)o1. The van der Waals surface area contributed by atoms with Crippen molar-refractivity contribution in [1.82, 2.24) is 0 Å². The molecule has 1 heterocycles. The van der Waals surface area contributed by atoms with Gasteiger partial charge in [-0.05, 0) is 12.1 Å². The Morgan fingerprint density at radius 2 is 1.58 bits per heavy atom. The first-order chi connectivity index (χ1) is 9.02. The number of anilines is 1. The Morgan fingerprint density at radius 3 is 2.11 bits per heavy atom. The largest absolute Gasteiger partial charge is 0.462 e. The van der Waals surface area contributed by atoms with Crippen LogP contribution in [0, 0.1) is 23.3 Å². The summed E-state index contributed by atoms with van der Waals surface area (Å²) in [5, 5.41) is 11.0. The highest BCUT2D eigenvalue weighted by atomic mass is 19.2. The van der Waals surface area contributed by atoms with E-state index < -0.39 is 29.0 Å². The minimum atomic E-state index is -1.51. The van der Waals surface area contributed by atoms with E-state index in [-0.39, 0.29) is 30.7 Å². The molecule has 102 valence electrons. The van der Waals surface area contributed by atoms with Crippen molar-refractivity contribution in [1.29, 1.82) is 0 Å². The van der Waals surface area contributed by atoms with Gasteiger partial charge in [-0.2, -0.15) is 0 Å². The monoisotopic (exact) mass is 275 g/mol. The summed E-state index contributed by atoms with van der Waals surface area (Å²) < 4.78 is 57.5. The number of halogens is 4. The van der Waals surface area contributed by atoms with Crippen LogP contribution in [0.3, 0.4) is 0 Å². The topological polar surface area (TPSA) is 45.4 Å². The molecule has 2 aromatic rings. The van der Waals surface area contributed by atoms with Crippen LogP contribution in [0.2, 0.25) is 0 Å². The molecule has 0 saturated carbocycles. The van der Waals surface area contributed by atoms with E-state index in [9.17, 15) is 17.6 Å². The maximum absolute atomic E-state index is 13.3. The molecular formula is C12H9F4NO2. The molecule has 1 aromatic carbocycles. The minimum Gasteiger partial charge on any atom is -0.462 e. The van der Waals surface area contributed by atoms with Crippen LogP contribution in [0.25, 0.3) is 0 Å². The van der Waals surface area contributed by atoms with Gasteiger partial charge in [0, 0.05) is 6.07 Å². The second-order valence-electron chi connectivity index (χ2n) is 3.72. The van der Waals surface area contributed by atoms with Crippen molar-refractivity contribution in [3.63, 3.8) is 0 Å². The normalized spacial score (nSPS) is 10.8. The molecule has 0 unspecified atom stereocenters. The average Bonchev–Trinajstić information content (AvgIpc) is 2.84. The average molecular weight is 275 g/mol. The van der Waals surface area contributed by atoms with Crippen LogP contribution in [-0.4, -0.2) is 5.11 Å². The van der Waals surface area contributed by atoms with Gasteiger partial charge in [0.05, 0.1) is 6.54 Å². The zero-order chi connectivity index (χ0) is 14.0. The molecule has 0 bridgehead atoms. The summed E-state index contributed by atoms with van der Waals surface area (Å²) in [6, 6.07) is 3.06. The van der Waals surface area contributed by atoms with Crippen LogP contribution in [0.5, 0.6) is 0 Å². The van der Waals surface area contributed by atoms with Gasteiger partial charge in [0.1, 0.15) is 23.8 Å². The lowest BCUT2D eigenvalue weighted by Crippen LogP contribution is -2.06. The molecule has 0 atom stereocenters. The van der Waals surface area contributed by atoms with Crippen molar-refractivity contribution in [2.24, 2.45) is 0 Å². The Labute approximate surface area is 105 Å². The predicted molar refractivity (Wildman–Crippen MR) is 58.2 cm³/mol. The fourth-order valence-corrected chi connectivity index (χ4v) is 1.51. The molecule has 0 aliphatic rings. The van der Waals surface area contributed by atoms with Crippen LogP contribution in [-0.2, 0) is 13.2 Å². The first-order valence-corrected chi connectivity index (χ1v) is 5.28. The second kappa shape index (κ2) is 5.31. The molecule has 19 heavy (non-hydrogen) atoms. The maximum atomic E-state index is 13.3. The Kier molecular flexibility index (Phi) is 3.75. The van der Waals surface area contributed by atoms with E-state index in [1.807, 2.05) is 0 Å². The quantitative estimate of drug-likeness (QED) is 0.666. The zero-order valence-electron chi connectivity index (χ0n) is 9.51. The highest BCUT2D eigenvalue weighted by molar-refractivity contribution is 5.47. The highest BCUT2D eigenvalue weighted by Gasteiger charge is 2.19. The molecule has 7 heteroatoms. The van der Waals surface area contributed by atoms with Gasteiger partial charge in [-0.25, -0.2) is 17.6 Å². The fourth-order valence-electron chi connectivity index (χ4n) is 1.51. The summed E-state index contributed by atoms with van der Waals surface area (Å²) in [6.45, 7) is -0.506. The summed E-state index contributed by atoms with van der Waals surface area (Å²) in [5.74, 6) is -5.47. The Hall–Kier alpha value is -2.02. The van der Waals surface area contributed by atoms with Gasteiger partial charge in [0.15, 0.2) is 23.3 Å². The molecule has 0 aliphatic heterocycles. The van der Waals surface area contributed by atoms with Gasteiger partial charge in [-0.15, -0.1) is 0 Å². The van der Waals surface area contributed by atoms with Crippen LogP contribution < -0.4 is 5.32 Å². The lowest BCUT2D eigenvalue weighted by molar-refractivity contribution is 0.244. The summed E-state index contributed by atoms with van der Waals surface area (Å²) >= 11 is 0. The summed E-state index contributed by atoms with van der Waals surface area (Å²) in [5.41, 5.74) is -0.903. The molecule has 0 saturated heterocycles. The number of benzene rings is 1. The third-order valence-electron chi connectivity index (χ3n) is 2.42. The summed E-state index contributed by atoms with van der Waals surface area (Å²) in [6.07, 6.45) is 0. The van der Waals surface area contributed by atoms with Crippen molar-refractivity contribution in [3.8, 4) is 0 Å². The van der Waals surface area contributed by atoms with Gasteiger partial charge < -0.3 is 14.8 Å². The lowest BCUT2D eigenvalue weighted by atomic mass is 10.2. The van der Waals surface area contributed by atoms with Crippen LogP contribution >= 0.6 is 0 Å². The number of hydrogen-bond donors (Lipinski definition) is 2. The first kappa shape index (κ1) is 13.4. The molecule has 0 spiro atoms. The summed E-state index contributed by atoms with van der Waals surface area (Å²) in [4.78, 5) is 0. The van der Waals surface area contributed by atoms with Crippen molar-refractivity contribution in [2.45, 2.75) is 13.2 Å². The van der Waals surface area contributed by atoms with Crippen LogP contribution in [0.1, 0.15) is 11.5 Å². The van der Waals surface area contributed by atoms with Gasteiger partial charge in [0.25, 0.3) is 0 Å². The predicted octanol–water partition coefficient (Wildman–Crippen LogP) is 2.94. The Balaban J connectivity index is 2.19. The molecule has 3 nitrogen and oxygen atoms in total. The number of aliphatic hydroxyl groups excluding tert-OH is 1. The van der Waals surface area contributed by atoms with E-state index in [1.165, 1.54) is 12.1 Å². The number of rotatable bonds is 4. The van der Waals surface area contributed by atoms with E-state index >= 15 is 0 Å². The van der Waals surface area contributed by atoms with Crippen molar-refractivity contribution in [2.75, 3.05) is 5.32 Å². The van der Waals surface area contributed by atoms with Gasteiger partial charge in [0.2, 0.25) is 0 Å². The molecule has 0 fully saturated rings. The van der Waals surface area contributed by atoms with E-state index in [1.54, 1.807) is 0 Å². The Morgan fingerprint density at radius 1 is 1.00 bits per heavy atom. The third kappa shape index (κ3) is 2.70. The van der Waals surface area contributed by atoms with Crippen molar-refractivity contribution >= 4 is 5.69 Å². The zero-order valence-corrected chi connectivity index (χ0v) is 9.51. The van der Waals surface area contributed by atoms with E-state index in [2.05, 4.69) is 5.32 Å². The molecular weight excluding hydrogens is 266 g/mol. The smallest absolute Gasteiger partial charge is 0.185 e. The number of furan rings is 1. The lowest BCUT2D eigenvalue weighted by Gasteiger charge is -2.08. The maximum Gasteiger partial charge on any atom is 0.185 e. The molecule has 2 rings (SSSR count). The van der Waals surface area contributed by atoms with Gasteiger partial charge >= 0.3 is 0 Å².